The highest BCUT2D eigenvalue weighted by Crippen LogP contribution is 2.40. The van der Waals surface area contributed by atoms with E-state index < -0.39 is 0 Å². The highest BCUT2D eigenvalue weighted by molar-refractivity contribution is 5.71. The van der Waals surface area contributed by atoms with Crippen molar-refractivity contribution in [3.63, 3.8) is 0 Å². The maximum absolute atomic E-state index is 2.74. The first-order chi connectivity index (χ1) is 13.1. The summed E-state index contributed by atoms with van der Waals surface area (Å²) >= 11 is 0. The molecule has 2 aromatic rings. The summed E-state index contributed by atoms with van der Waals surface area (Å²) in [6.07, 6.45) is 9.10. The van der Waals surface area contributed by atoms with Gasteiger partial charge < -0.3 is 0 Å². The van der Waals surface area contributed by atoms with Crippen molar-refractivity contribution in [2.45, 2.75) is 65.3 Å². The Labute approximate surface area is 162 Å². The van der Waals surface area contributed by atoms with Gasteiger partial charge in [-0.25, -0.2) is 0 Å². The van der Waals surface area contributed by atoms with Crippen LogP contribution in [0.25, 0.3) is 0 Å². The lowest BCUT2D eigenvalue weighted by molar-refractivity contribution is -0.715. The molecule has 1 saturated heterocycles. The monoisotopic (exact) mass is 359 g/mol. The van der Waals surface area contributed by atoms with Crippen LogP contribution in [-0.4, -0.2) is 44.9 Å². The van der Waals surface area contributed by atoms with Crippen LogP contribution < -0.4 is 0 Å². The highest BCUT2D eigenvalue weighted by atomic mass is 15.5. The molecule has 2 atom stereocenters. The summed E-state index contributed by atoms with van der Waals surface area (Å²) < 4.78 is 5.12. The fraction of sp³-hybridized carbons (Fsp3) is 0.417. The number of hydrogen-bond acceptors (Lipinski definition) is 1. The Kier molecular flexibility index (Phi) is 3.83. The van der Waals surface area contributed by atoms with Gasteiger partial charge in [-0.3, -0.25) is 0 Å². The first-order valence-electron chi connectivity index (χ1n) is 10.2. The van der Waals surface area contributed by atoms with Crippen molar-refractivity contribution in [3.05, 3.63) is 58.7 Å². The van der Waals surface area contributed by atoms with Crippen LogP contribution in [-0.2, 0) is 0 Å². The van der Waals surface area contributed by atoms with E-state index in [0.717, 1.165) is 0 Å². The van der Waals surface area contributed by atoms with Crippen LogP contribution in [0.5, 0.6) is 0 Å². The molecule has 2 aromatic carbocycles. The van der Waals surface area contributed by atoms with Crippen LogP contribution >= 0.6 is 0 Å². The van der Waals surface area contributed by atoms with Crippen LogP contribution in [0, 0.1) is 27.7 Å². The van der Waals surface area contributed by atoms with Gasteiger partial charge in [-0.15, -0.1) is 9.15 Å². The third-order valence-electron chi connectivity index (χ3n) is 6.59. The fourth-order valence-electron chi connectivity index (χ4n) is 5.48. The summed E-state index contributed by atoms with van der Waals surface area (Å²) in [6.45, 7) is 8.97. The largest absolute Gasteiger partial charge is 0.420 e. The van der Waals surface area contributed by atoms with Crippen LogP contribution in [0.1, 0.15) is 41.5 Å². The molecule has 0 saturated carbocycles. The third-order valence-corrected chi connectivity index (χ3v) is 6.59. The minimum Gasteiger partial charge on any atom is -0.159 e. The van der Waals surface area contributed by atoms with Gasteiger partial charge in [0, 0.05) is 22.3 Å². The molecule has 0 N–H and O–H groups in total. The molecule has 3 heteroatoms. The second kappa shape index (κ2) is 6.13. The van der Waals surface area contributed by atoms with Crippen molar-refractivity contribution in [2.75, 3.05) is 0 Å². The molecule has 0 spiro atoms. The van der Waals surface area contributed by atoms with E-state index in [0.29, 0.717) is 12.1 Å². The second-order valence-corrected chi connectivity index (χ2v) is 8.45. The normalized spacial score (nSPS) is 26.7. The van der Waals surface area contributed by atoms with Crippen LogP contribution in [0.15, 0.2) is 36.4 Å². The van der Waals surface area contributed by atoms with Gasteiger partial charge in [0.1, 0.15) is 12.1 Å². The predicted octanol–water partition coefficient (Wildman–Crippen LogP) is 4.58. The van der Waals surface area contributed by atoms with E-state index in [1.807, 2.05) is 0 Å². The van der Waals surface area contributed by atoms with Crippen molar-refractivity contribution < 1.29 is 9.15 Å². The smallest absolute Gasteiger partial charge is 0.159 e. The molecule has 5 rings (SSSR count). The lowest BCUT2D eigenvalue weighted by Gasteiger charge is -2.26. The first-order valence-corrected chi connectivity index (χ1v) is 10.2. The predicted molar refractivity (Wildman–Crippen MR) is 111 cm³/mol. The molecular formula is C24H29N3+2. The van der Waals surface area contributed by atoms with Gasteiger partial charge in [0.05, 0.1) is 0 Å². The van der Waals surface area contributed by atoms with Gasteiger partial charge in [-0.2, -0.15) is 4.90 Å². The number of benzene rings is 2. The van der Waals surface area contributed by atoms with Gasteiger partial charge in [-0.05, 0) is 47.0 Å². The van der Waals surface area contributed by atoms with E-state index >= 15 is 0 Å². The molecule has 1 fully saturated rings. The first kappa shape index (κ1) is 16.9. The molecule has 3 nitrogen and oxygen atoms in total. The minimum atomic E-state index is 0.250. The zero-order valence-electron chi connectivity index (χ0n) is 16.8. The van der Waals surface area contributed by atoms with E-state index in [2.05, 4.69) is 90.6 Å². The van der Waals surface area contributed by atoms with Crippen molar-refractivity contribution in [2.24, 2.45) is 0 Å². The Morgan fingerprint density at radius 3 is 1.52 bits per heavy atom. The number of aryl methyl sites for hydroxylation is 4. The molecule has 2 unspecified atom stereocenters. The van der Waals surface area contributed by atoms with E-state index in [4.69, 9.17) is 0 Å². The number of nitrogens with zero attached hydrogens (tertiary/aromatic N) is 3. The summed E-state index contributed by atoms with van der Waals surface area (Å²) in [4.78, 5) is 2.74. The summed E-state index contributed by atoms with van der Waals surface area (Å²) in [5, 5.41) is 0. The lowest BCUT2D eigenvalue weighted by Crippen LogP contribution is -2.47. The second-order valence-electron chi connectivity index (χ2n) is 8.45. The Morgan fingerprint density at radius 2 is 1.11 bits per heavy atom. The lowest BCUT2D eigenvalue weighted by atomic mass is 9.99. The van der Waals surface area contributed by atoms with Gasteiger partial charge in [0.2, 0.25) is 11.4 Å². The Morgan fingerprint density at radius 1 is 0.704 bits per heavy atom. The molecule has 0 aromatic heterocycles. The number of para-hydroxylation sites is 2. The number of piperidine rings is 1. The molecule has 3 heterocycles. The average Bonchev–Trinajstić information content (AvgIpc) is 3.18. The minimum absolute atomic E-state index is 0.250. The zero-order valence-corrected chi connectivity index (χ0v) is 16.8. The standard InChI is InChI=1S/C24H29N3/c1-16-8-5-9-17(2)22(16)25-14-20-12-7-13-21-15-26(24(25)27(20)21)23-18(3)10-6-11-19(23)4/h5-6,8-11,14-15,20-21,24H,7,12-13H2,1-4H3/q+2. The quantitative estimate of drug-likeness (QED) is 0.713. The van der Waals surface area contributed by atoms with Crippen molar-refractivity contribution in [3.8, 4) is 0 Å². The molecule has 0 bridgehead atoms. The molecular weight excluding hydrogens is 330 g/mol. The molecule has 0 radical (unpaired) electrons. The number of hydrogen-bond donors (Lipinski definition) is 0. The summed E-state index contributed by atoms with van der Waals surface area (Å²) in [6, 6.07) is 14.4. The Hall–Kier alpha value is -2.26. The van der Waals surface area contributed by atoms with Crippen molar-refractivity contribution in [1.82, 2.24) is 4.90 Å². The maximum Gasteiger partial charge on any atom is 0.420 e. The van der Waals surface area contributed by atoms with Crippen LogP contribution in [0.2, 0.25) is 0 Å². The van der Waals surface area contributed by atoms with Crippen molar-refractivity contribution in [1.29, 1.82) is 0 Å². The Balaban J connectivity index is 1.70. The third kappa shape index (κ3) is 2.45. The van der Waals surface area contributed by atoms with Gasteiger partial charge in [-0.1, -0.05) is 36.4 Å². The Bertz CT molecular complexity index is 867. The van der Waals surface area contributed by atoms with Gasteiger partial charge in [0.25, 0.3) is 0 Å². The SMILES string of the molecule is Cc1cccc(C)c1[N+]1=CC2CCCC3C=[N+](c4c(C)cccc4C)C1N23. The molecule has 0 aliphatic carbocycles. The topological polar surface area (TPSA) is 9.26 Å². The average molecular weight is 360 g/mol. The van der Waals surface area contributed by atoms with Crippen LogP contribution in [0.4, 0.5) is 11.4 Å². The summed E-state index contributed by atoms with van der Waals surface area (Å²) in [7, 11) is 0. The summed E-state index contributed by atoms with van der Waals surface area (Å²) in [5.41, 5.74) is 8.18. The molecule has 3 aliphatic rings. The van der Waals surface area contributed by atoms with Gasteiger partial charge >= 0.3 is 6.29 Å². The van der Waals surface area contributed by atoms with E-state index in [-0.39, 0.29) is 6.29 Å². The molecule has 3 aliphatic heterocycles. The van der Waals surface area contributed by atoms with E-state index in [1.165, 1.54) is 52.9 Å². The number of rotatable bonds is 2. The molecule has 27 heavy (non-hydrogen) atoms. The zero-order chi connectivity index (χ0) is 18.7. The summed E-state index contributed by atoms with van der Waals surface area (Å²) in [5.74, 6) is 0. The van der Waals surface area contributed by atoms with E-state index in [9.17, 15) is 0 Å². The van der Waals surface area contributed by atoms with Crippen LogP contribution in [0.3, 0.4) is 0 Å². The highest BCUT2D eigenvalue weighted by Gasteiger charge is 2.59. The van der Waals surface area contributed by atoms with Crippen molar-refractivity contribution >= 4 is 23.8 Å². The van der Waals surface area contributed by atoms with E-state index in [1.54, 1.807) is 0 Å². The maximum atomic E-state index is 2.74. The molecule has 138 valence electrons. The van der Waals surface area contributed by atoms with Gasteiger partial charge in [0.15, 0.2) is 12.4 Å². The molecule has 0 amide bonds. The fourth-order valence-corrected chi connectivity index (χ4v) is 5.48.